The molecule has 0 heterocycles. The molecule has 1 rings (SSSR count). The molecule has 1 unspecified atom stereocenters. The summed E-state index contributed by atoms with van der Waals surface area (Å²) >= 11 is 0. The lowest BCUT2D eigenvalue weighted by atomic mass is 10.1. The fraction of sp³-hybridized carbons (Fsp3) is 0.600. The van der Waals surface area contributed by atoms with Crippen molar-refractivity contribution in [2.75, 3.05) is 12.3 Å². The molecule has 1 aromatic carbocycles. The normalized spacial score (nSPS) is 13.6. The lowest BCUT2D eigenvalue weighted by Crippen LogP contribution is -2.35. The number of benzene rings is 1. The van der Waals surface area contributed by atoms with E-state index < -0.39 is 16.1 Å². The molecule has 1 aromatic rings. The van der Waals surface area contributed by atoms with Crippen LogP contribution in [0.15, 0.2) is 17.0 Å². The summed E-state index contributed by atoms with van der Waals surface area (Å²) in [5, 5.41) is 9.77. The van der Waals surface area contributed by atoms with Gasteiger partial charge in [0.15, 0.2) is 0 Å². The van der Waals surface area contributed by atoms with Crippen LogP contribution in [0.3, 0.4) is 0 Å². The van der Waals surface area contributed by atoms with E-state index in [4.69, 9.17) is 5.73 Å². The molecule has 0 bridgehead atoms. The highest BCUT2D eigenvalue weighted by molar-refractivity contribution is 7.89. The fourth-order valence-corrected chi connectivity index (χ4v) is 3.50. The zero-order valence-corrected chi connectivity index (χ0v) is 14.0. The van der Waals surface area contributed by atoms with Crippen LogP contribution in [0.5, 0.6) is 0 Å². The summed E-state index contributed by atoms with van der Waals surface area (Å²) in [6.45, 7) is 7.50. The topological polar surface area (TPSA) is 92.4 Å². The van der Waals surface area contributed by atoms with Crippen molar-refractivity contribution in [3.63, 3.8) is 0 Å². The van der Waals surface area contributed by atoms with Crippen LogP contribution in [0.25, 0.3) is 0 Å². The monoisotopic (exact) mass is 314 g/mol. The number of hydrogen-bond donors (Lipinski definition) is 3. The van der Waals surface area contributed by atoms with Gasteiger partial charge in [-0.3, -0.25) is 0 Å². The van der Waals surface area contributed by atoms with Gasteiger partial charge in [-0.1, -0.05) is 27.7 Å². The van der Waals surface area contributed by atoms with Crippen LogP contribution in [-0.4, -0.2) is 26.2 Å². The Balaban J connectivity index is 3.15. The zero-order chi connectivity index (χ0) is 16.2. The van der Waals surface area contributed by atoms with Crippen LogP contribution >= 0.6 is 0 Å². The van der Waals surface area contributed by atoms with E-state index in [1.165, 1.54) is 0 Å². The number of sulfonamides is 1. The van der Waals surface area contributed by atoms with E-state index in [9.17, 15) is 13.5 Å². The molecule has 4 N–H and O–H groups in total. The number of anilines is 1. The van der Waals surface area contributed by atoms with E-state index in [1.807, 2.05) is 33.8 Å². The second-order valence-electron chi connectivity index (χ2n) is 5.53. The SMILES string of the molecule is CCc1cc(N)c(CC)c(S(=O)(=O)NCC(O)C(C)C)c1. The lowest BCUT2D eigenvalue weighted by molar-refractivity contribution is 0.129. The summed E-state index contributed by atoms with van der Waals surface area (Å²) in [6, 6.07) is 3.49. The standard InChI is InChI=1S/C15H26N2O3S/c1-5-11-7-13(16)12(6-2)15(8-11)21(19,20)17-9-14(18)10(3)4/h7-8,10,14,17-18H,5-6,9,16H2,1-4H3. The van der Waals surface area contributed by atoms with Gasteiger partial charge in [0.25, 0.3) is 0 Å². The van der Waals surface area contributed by atoms with E-state index in [-0.39, 0.29) is 17.4 Å². The van der Waals surface area contributed by atoms with Crippen LogP contribution in [0.2, 0.25) is 0 Å². The van der Waals surface area contributed by atoms with Gasteiger partial charge >= 0.3 is 0 Å². The number of aliphatic hydroxyl groups excluding tert-OH is 1. The minimum absolute atomic E-state index is 0.000584. The van der Waals surface area contributed by atoms with Crippen LogP contribution in [0.4, 0.5) is 5.69 Å². The van der Waals surface area contributed by atoms with Gasteiger partial charge in [0.2, 0.25) is 10.0 Å². The third-order valence-corrected chi connectivity index (χ3v) is 5.10. The van der Waals surface area contributed by atoms with Gasteiger partial charge in [-0.2, -0.15) is 0 Å². The molecule has 0 spiro atoms. The average molecular weight is 314 g/mol. The third kappa shape index (κ3) is 4.43. The molecule has 0 saturated heterocycles. The Morgan fingerprint density at radius 3 is 2.33 bits per heavy atom. The van der Waals surface area contributed by atoms with E-state index in [2.05, 4.69) is 4.72 Å². The summed E-state index contributed by atoms with van der Waals surface area (Å²) < 4.78 is 27.4. The van der Waals surface area contributed by atoms with Crippen molar-refractivity contribution in [2.24, 2.45) is 5.92 Å². The quantitative estimate of drug-likeness (QED) is 0.668. The van der Waals surface area contributed by atoms with Gasteiger partial charge in [-0.25, -0.2) is 13.1 Å². The van der Waals surface area contributed by atoms with E-state index >= 15 is 0 Å². The van der Waals surface area contributed by atoms with Crippen LogP contribution in [0.1, 0.15) is 38.8 Å². The minimum Gasteiger partial charge on any atom is -0.398 e. The number of nitrogens with one attached hydrogen (secondary N) is 1. The van der Waals surface area contributed by atoms with Gasteiger partial charge in [-0.05, 0) is 42.0 Å². The molecule has 0 saturated carbocycles. The van der Waals surface area contributed by atoms with E-state index in [1.54, 1.807) is 6.07 Å². The smallest absolute Gasteiger partial charge is 0.241 e. The van der Waals surface area contributed by atoms with Gasteiger partial charge in [0, 0.05) is 12.2 Å². The van der Waals surface area contributed by atoms with Crippen molar-refractivity contribution in [1.82, 2.24) is 4.72 Å². The maximum absolute atomic E-state index is 12.5. The van der Waals surface area contributed by atoms with Crippen molar-refractivity contribution in [3.05, 3.63) is 23.3 Å². The van der Waals surface area contributed by atoms with Crippen LogP contribution in [0, 0.1) is 5.92 Å². The molecule has 0 radical (unpaired) electrons. The van der Waals surface area contributed by atoms with Crippen molar-refractivity contribution in [3.8, 4) is 0 Å². The number of nitrogens with two attached hydrogens (primary N) is 1. The highest BCUT2D eigenvalue weighted by atomic mass is 32.2. The number of hydrogen-bond acceptors (Lipinski definition) is 4. The van der Waals surface area contributed by atoms with Crippen molar-refractivity contribution in [2.45, 2.75) is 51.5 Å². The van der Waals surface area contributed by atoms with Gasteiger partial charge in [0.05, 0.1) is 11.0 Å². The molecule has 0 aliphatic rings. The Morgan fingerprint density at radius 1 is 1.24 bits per heavy atom. The zero-order valence-electron chi connectivity index (χ0n) is 13.2. The highest BCUT2D eigenvalue weighted by Crippen LogP contribution is 2.25. The first-order valence-corrected chi connectivity index (χ1v) is 8.80. The predicted octanol–water partition coefficient (Wildman–Crippen LogP) is 1.69. The van der Waals surface area contributed by atoms with Gasteiger partial charge in [-0.15, -0.1) is 0 Å². The fourth-order valence-electron chi connectivity index (χ4n) is 2.06. The largest absolute Gasteiger partial charge is 0.398 e. The first-order chi connectivity index (χ1) is 9.72. The Morgan fingerprint density at radius 2 is 1.86 bits per heavy atom. The Labute approximate surface area is 127 Å². The number of nitrogen functional groups attached to an aromatic ring is 1. The molecular weight excluding hydrogens is 288 g/mol. The second kappa shape index (κ2) is 7.24. The number of aryl methyl sites for hydroxylation is 1. The molecule has 0 aliphatic carbocycles. The van der Waals surface area contributed by atoms with Crippen molar-refractivity contribution in [1.29, 1.82) is 0 Å². The van der Waals surface area contributed by atoms with E-state index in [0.29, 0.717) is 24.1 Å². The molecule has 1 atom stereocenters. The summed E-state index contributed by atoms with van der Waals surface area (Å²) in [4.78, 5) is 0.220. The Kier molecular flexibility index (Phi) is 6.19. The van der Waals surface area contributed by atoms with Crippen LogP contribution in [-0.2, 0) is 22.9 Å². The Bertz CT molecular complexity index is 583. The van der Waals surface area contributed by atoms with Crippen molar-refractivity contribution >= 4 is 15.7 Å². The molecular formula is C15H26N2O3S. The summed E-state index contributed by atoms with van der Waals surface area (Å²) in [5.74, 6) is -0.00890. The first kappa shape index (κ1) is 17.9. The van der Waals surface area contributed by atoms with Gasteiger partial charge in [0.1, 0.15) is 0 Å². The molecule has 21 heavy (non-hydrogen) atoms. The summed E-state index contributed by atoms with van der Waals surface area (Å²) in [5.41, 5.74) is 7.98. The maximum Gasteiger partial charge on any atom is 0.241 e. The molecule has 0 aliphatic heterocycles. The lowest BCUT2D eigenvalue weighted by Gasteiger charge is -2.18. The molecule has 6 heteroatoms. The number of rotatable bonds is 7. The van der Waals surface area contributed by atoms with E-state index in [0.717, 1.165) is 5.56 Å². The molecule has 0 aromatic heterocycles. The summed E-state index contributed by atoms with van der Waals surface area (Å²) in [6.07, 6.45) is 0.543. The number of aliphatic hydroxyl groups is 1. The molecule has 0 fully saturated rings. The average Bonchev–Trinajstić information content (AvgIpc) is 2.43. The molecule has 5 nitrogen and oxygen atoms in total. The maximum atomic E-state index is 12.5. The predicted molar refractivity (Wildman–Crippen MR) is 85.6 cm³/mol. The van der Waals surface area contributed by atoms with Crippen molar-refractivity contribution < 1.29 is 13.5 Å². The minimum atomic E-state index is -3.68. The highest BCUT2D eigenvalue weighted by Gasteiger charge is 2.22. The third-order valence-electron chi connectivity index (χ3n) is 3.61. The summed E-state index contributed by atoms with van der Waals surface area (Å²) in [7, 11) is -3.68. The molecule has 0 amide bonds. The molecule has 120 valence electrons. The first-order valence-electron chi connectivity index (χ1n) is 7.31. The van der Waals surface area contributed by atoms with Gasteiger partial charge < -0.3 is 10.8 Å². The Hall–Kier alpha value is -1.11. The second-order valence-corrected chi connectivity index (χ2v) is 7.27. The van der Waals surface area contributed by atoms with Crippen LogP contribution < -0.4 is 10.5 Å².